The first-order chi connectivity index (χ1) is 9.25. The Morgan fingerprint density at radius 2 is 1.89 bits per heavy atom. The molecule has 0 saturated heterocycles. The van der Waals surface area contributed by atoms with Crippen molar-refractivity contribution in [2.75, 3.05) is 5.43 Å². The third kappa shape index (κ3) is 2.18. The van der Waals surface area contributed by atoms with Crippen LogP contribution in [0.25, 0.3) is 10.9 Å². The molecule has 0 aliphatic carbocycles. The maximum atomic E-state index is 6.04. The summed E-state index contributed by atoms with van der Waals surface area (Å²) in [7, 11) is 0. The van der Waals surface area contributed by atoms with E-state index in [4.69, 9.17) is 5.73 Å². The zero-order chi connectivity index (χ0) is 13.2. The number of rotatable bonds is 3. The van der Waals surface area contributed by atoms with Gasteiger partial charge in [0.25, 0.3) is 0 Å². The molecule has 1 unspecified atom stereocenters. The minimum absolute atomic E-state index is 0.00499. The summed E-state index contributed by atoms with van der Waals surface area (Å²) in [5.41, 5.74) is 12.6. The number of fused-ring (bicyclic) bond motifs is 1. The Morgan fingerprint density at radius 3 is 2.63 bits per heavy atom. The molecule has 0 bridgehead atoms. The summed E-state index contributed by atoms with van der Waals surface area (Å²) in [5.74, 6) is 0. The monoisotopic (exact) mass is 252 g/mol. The molecule has 2 aromatic heterocycles. The molecular formula is C15H16N4. The van der Waals surface area contributed by atoms with E-state index in [2.05, 4.69) is 28.7 Å². The normalized spacial score (nSPS) is 12.5. The highest BCUT2D eigenvalue weighted by Gasteiger charge is 2.10. The van der Waals surface area contributed by atoms with Crippen molar-refractivity contribution < 1.29 is 0 Å². The number of benzene rings is 1. The van der Waals surface area contributed by atoms with Crippen LogP contribution >= 0.6 is 0 Å². The summed E-state index contributed by atoms with van der Waals surface area (Å²) >= 11 is 0. The lowest BCUT2D eigenvalue weighted by molar-refractivity contribution is 0.818. The third-order valence-corrected chi connectivity index (χ3v) is 3.16. The third-order valence-electron chi connectivity index (χ3n) is 3.16. The molecule has 4 heteroatoms. The number of nitrogens with one attached hydrogen (secondary N) is 1. The molecule has 0 amide bonds. The molecule has 19 heavy (non-hydrogen) atoms. The van der Waals surface area contributed by atoms with E-state index in [0.717, 1.165) is 16.8 Å². The topological polar surface area (TPSA) is 55.9 Å². The summed E-state index contributed by atoms with van der Waals surface area (Å²) in [5, 5.41) is 1.18. The van der Waals surface area contributed by atoms with Crippen molar-refractivity contribution in [2.24, 2.45) is 5.73 Å². The van der Waals surface area contributed by atoms with E-state index < -0.39 is 0 Å². The molecule has 0 saturated carbocycles. The van der Waals surface area contributed by atoms with E-state index in [1.54, 1.807) is 12.4 Å². The first-order valence-corrected chi connectivity index (χ1v) is 6.28. The fourth-order valence-corrected chi connectivity index (χ4v) is 2.23. The first-order valence-electron chi connectivity index (χ1n) is 6.28. The molecule has 0 aliphatic rings. The van der Waals surface area contributed by atoms with Crippen LogP contribution in [0, 0.1) is 0 Å². The molecule has 4 nitrogen and oxygen atoms in total. The second-order valence-corrected chi connectivity index (χ2v) is 4.61. The number of para-hydroxylation sites is 1. The summed E-state index contributed by atoms with van der Waals surface area (Å²) in [6.07, 6.45) is 5.58. The summed E-state index contributed by atoms with van der Waals surface area (Å²) in [4.78, 5) is 4.01. The predicted octanol–water partition coefficient (Wildman–Crippen LogP) is 2.93. The fourth-order valence-electron chi connectivity index (χ4n) is 2.23. The Labute approximate surface area is 111 Å². The van der Waals surface area contributed by atoms with Crippen molar-refractivity contribution in [1.29, 1.82) is 0 Å². The number of nitrogens with zero attached hydrogens (tertiary/aromatic N) is 2. The highest BCUT2D eigenvalue weighted by atomic mass is 15.4. The second kappa shape index (κ2) is 4.74. The quantitative estimate of drug-likeness (QED) is 0.753. The van der Waals surface area contributed by atoms with Gasteiger partial charge in [0.2, 0.25) is 0 Å². The van der Waals surface area contributed by atoms with E-state index in [1.807, 2.05) is 35.9 Å². The summed E-state index contributed by atoms with van der Waals surface area (Å²) in [6.45, 7) is 2.00. The number of anilines is 1. The molecule has 96 valence electrons. The molecule has 0 aliphatic heterocycles. The molecule has 3 aromatic rings. The van der Waals surface area contributed by atoms with Crippen molar-refractivity contribution in [1.82, 2.24) is 9.66 Å². The molecule has 1 aromatic carbocycles. The number of nitrogens with two attached hydrogens (primary N) is 1. The van der Waals surface area contributed by atoms with Crippen LogP contribution in [0.2, 0.25) is 0 Å². The summed E-state index contributed by atoms with van der Waals surface area (Å²) in [6, 6.07) is 12.1. The van der Waals surface area contributed by atoms with Gasteiger partial charge in [-0.25, -0.2) is 0 Å². The minimum atomic E-state index is 0.00499. The van der Waals surface area contributed by atoms with Gasteiger partial charge in [-0.3, -0.25) is 15.1 Å². The van der Waals surface area contributed by atoms with Crippen LogP contribution in [-0.4, -0.2) is 9.66 Å². The number of hydrogen-bond donors (Lipinski definition) is 2. The van der Waals surface area contributed by atoms with Gasteiger partial charge in [-0.1, -0.05) is 18.2 Å². The van der Waals surface area contributed by atoms with Gasteiger partial charge in [0.1, 0.15) is 0 Å². The maximum absolute atomic E-state index is 6.04. The molecule has 3 rings (SSSR count). The number of aromatic nitrogens is 2. The average Bonchev–Trinajstić information content (AvgIpc) is 2.79. The highest BCUT2D eigenvalue weighted by molar-refractivity contribution is 5.85. The molecule has 3 N–H and O–H groups in total. The van der Waals surface area contributed by atoms with E-state index in [0.29, 0.717) is 0 Å². The van der Waals surface area contributed by atoms with Crippen molar-refractivity contribution >= 4 is 16.6 Å². The maximum Gasteiger partial charge on any atom is 0.0699 e. The van der Waals surface area contributed by atoms with Gasteiger partial charge in [-0.2, -0.15) is 0 Å². The highest BCUT2D eigenvalue weighted by Crippen LogP contribution is 2.25. The fraction of sp³-hybridized carbons (Fsp3) is 0.133. The zero-order valence-corrected chi connectivity index (χ0v) is 10.7. The molecule has 1 atom stereocenters. The Bertz CT molecular complexity index is 686. The molecule has 0 radical (unpaired) electrons. The van der Waals surface area contributed by atoms with Crippen LogP contribution < -0.4 is 11.2 Å². The van der Waals surface area contributed by atoms with Gasteiger partial charge in [-0.05, 0) is 30.7 Å². The lowest BCUT2D eigenvalue weighted by Crippen LogP contribution is -2.08. The van der Waals surface area contributed by atoms with Crippen LogP contribution in [0.15, 0.2) is 55.0 Å². The van der Waals surface area contributed by atoms with Crippen LogP contribution in [0.3, 0.4) is 0 Å². The van der Waals surface area contributed by atoms with Gasteiger partial charge < -0.3 is 5.73 Å². The molecular weight excluding hydrogens is 236 g/mol. The summed E-state index contributed by atoms with van der Waals surface area (Å²) < 4.78 is 2.00. The van der Waals surface area contributed by atoms with Crippen LogP contribution in [0.4, 0.5) is 5.69 Å². The van der Waals surface area contributed by atoms with Gasteiger partial charge in [0.05, 0.1) is 11.2 Å². The number of hydrogen-bond acceptors (Lipinski definition) is 3. The average molecular weight is 252 g/mol. The Morgan fingerprint density at radius 1 is 1.16 bits per heavy atom. The second-order valence-electron chi connectivity index (χ2n) is 4.61. The first kappa shape index (κ1) is 11.7. The lowest BCUT2D eigenvalue weighted by Gasteiger charge is -2.08. The van der Waals surface area contributed by atoms with E-state index >= 15 is 0 Å². The largest absolute Gasteiger partial charge is 0.324 e. The molecule has 0 spiro atoms. The standard InChI is InChI=1S/C15H16N4/c1-11(16)14-10-19(15-5-3-2-4-13(14)15)18-12-6-8-17-9-7-12/h2-11H,16H2,1H3,(H,17,18). The van der Waals surface area contributed by atoms with Crippen LogP contribution in [0.5, 0.6) is 0 Å². The Hall–Kier alpha value is -2.33. The van der Waals surface area contributed by atoms with Crippen molar-refractivity contribution in [3.63, 3.8) is 0 Å². The minimum Gasteiger partial charge on any atom is -0.324 e. The lowest BCUT2D eigenvalue weighted by atomic mass is 10.1. The Balaban J connectivity index is 2.09. The zero-order valence-electron chi connectivity index (χ0n) is 10.7. The predicted molar refractivity (Wildman–Crippen MR) is 77.8 cm³/mol. The van der Waals surface area contributed by atoms with Gasteiger partial charge in [0.15, 0.2) is 0 Å². The van der Waals surface area contributed by atoms with Gasteiger partial charge in [0, 0.05) is 30.0 Å². The van der Waals surface area contributed by atoms with Crippen molar-refractivity contribution in [3.05, 3.63) is 60.6 Å². The van der Waals surface area contributed by atoms with Crippen LogP contribution in [-0.2, 0) is 0 Å². The van der Waals surface area contributed by atoms with E-state index in [-0.39, 0.29) is 6.04 Å². The number of pyridine rings is 1. The van der Waals surface area contributed by atoms with Gasteiger partial charge in [-0.15, -0.1) is 0 Å². The smallest absolute Gasteiger partial charge is 0.0699 e. The van der Waals surface area contributed by atoms with Crippen molar-refractivity contribution in [2.45, 2.75) is 13.0 Å². The van der Waals surface area contributed by atoms with Gasteiger partial charge >= 0.3 is 0 Å². The SMILES string of the molecule is CC(N)c1cn(Nc2ccncc2)c2ccccc12. The van der Waals surface area contributed by atoms with Crippen molar-refractivity contribution in [3.8, 4) is 0 Å². The molecule has 0 fully saturated rings. The van der Waals surface area contributed by atoms with E-state index in [9.17, 15) is 0 Å². The Kier molecular flexibility index (Phi) is 2.93. The van der Waals surface area contributed by atoms with E-state index in [1.165, 1.54) is 5.39 Å². The van der Waals surface area contributed by atoms with Crippen LogP contribution in [0.1, 0.15) is 18.5 Å². The molecule has 2 heterocycles.